The van der Waals surface area contributed by atoms with Crippen molar-refractivity contribution in [3.63, 3.8) is 0 Å². The minimum absolute atomic E-state index is 0.0372. The van der Waals surface area contributed by atoms with Crippen LogP contribution in [-0.4, -0.2) is 75.3 Å². The highest BCUT2D eigenvalue weighted by Gasteiger charge is 2.28. The van der Waals surface area contributed by atoms with Crippen molar-refractivity contribution < 1.29 is 38.1 Å². The predicted octanol–water partition coefficient (Wildman–Crippen LogP) is 2.80. The van der Waals surface area contributed by atoms with E-state index in [1.54, 1.807) is 0 Å². The van der Waals surface area contributed by atoms with Gasteiger partial charge in [0.15, 0.2) is 0 Å². The van der Waals surface area contributed by atoms with Crippen LogP contribution < -0.4 is 5.32 Å². The summed E-state index contributed by atoms with van der Waals surface area (Å²) in [4.78, 5) is 29.2. The molecule has 0 aliphatic heterocycles. The van der Waals surface area contributed by atoms with E-state index in [2.05, 4.69) is 34.1 Å². The monoisotopic (exact) mass is 479 g/mol. The molecule has 1 amide bonds. The number of alkyl carbamates (subject to hydrolysis) is 1. The zero-order valence-electron chi connectivity index (χ0n) is 18.4. The molecule has 9 nitrogen and oxygen atoms in total. The third-order valence-corrected chi connectivity index (χ3v) is 5.45. The molecule has 1 aliphatic rings. The average molecular weight is 479 g/mol. The topological polar surface area (TPSA) is 116 Å². The zero-order chi connectivity index (χ0) is 23.3. The van der Waals surface area contributed by atoms with Gasteiger partial charge in [0, 0.05) is 12.5 Å². The number of carbonyl (C=O) groups is 1. The van der Waals surface area contributed by atoms with Gasteiger partial charge >= 0.3 is 14.7 Å². The molecule has 0 saturated heterocycles. The van der Waals surface area contributed by atoms with Gasteiger partial charge in [-0.3, -0.25) is 0 Å². The van der Waals surface area contributed by atoms with Crippen LogP contribution in [0.3, 0.4) is 0 Å². The number of fused-ring (bicyclic) bond motifs is 3. The lowest BCUT2D eigenvalue weighted by atomic mass is 9.98. The van der Waals surface area contributed by atoms with Crippen molar-refractivity contribution in [3.05, 3.63) is 59.7 Å². The van der Waals surface area contributed by atoms with Crippen LogP contribution in [-0.2, 0) is 23.5 Å². The second-order valence-electron chi connectivity index (χ2n) is 7.18. The molecular formula is C23H30NO8P. The number of hydrogen-bond donors (Lipinski definition) is 3. The second kappa shape index (κ2) is 14.2. The van der Waals surface area contributed by atoms with Crippen LogP contribution in [0.5, 0.6) is 0 Å². The summed E-state index contributed by atoms with van der Waals surface area (Å²) in [6, 6.07) is 16.4. The van der Waals surface area contributed by atoms with E-state index in [1.807, 2.05) is 24.3 Å². The van der Waals surface area contributed by atoms with Gasteiger partial charge < -0.3 is 38.6 Å². The smallest absolute Gasteiger partial charge is 0.407 e. The van der Waals surface area contributed by atoms with Crippen molar-refractivity contribution in [1.29, 1.82) is 0 Å². The fourth-order valence-electron chi connectivity index (χ4n) is 3.59. The fraction of sp³-hybridized carbons (Fsp3) is 0.435. The first-order valence-electron chi connectivity index (χ1n) is 10.8. The van der Waals surface area contributed by atoms with Crippen molar-refractivity contribution in [2.75, 3.05) is 59.4 Å². The number of ether oxygens (including phenoxy) is 4. The Labute approximate surface area is 194 Å². The van der Waals surface area contributed by atoms with Crippen LogP contribution in [0.15, 0.2) is 48.5 Å². The number of rotatable bonds is 15. The first-order chi connectivity index (χ1) is 16.2. The van der Waals surface area contributed by atoms with Crippen LogP contribution in [0.1, 0.15) is 17.0 Å². The van der Waals surface area contributed by atoms with Crippen LogP contribution >= 0.6 is 8.60 Å². The SMILES string of the molecule is O=C(NCCOCCOCCOCCOP(O)O)OCC1c2ccccc2-c2ccccc21. The van der Waals surface area contributed by atoms with Gasteiger partial charge in [-0.2, -0.15) is 0 Å². The number of hydrogen-bond acceptors (Lipinski definition) is 8. The molecule has 0 aromatic heterocycles. The maximum Gasteiger partial charge on any atom is 0.407 e. The highest BCUT2D eigenvalue weighted by atomic mass is 31.2. The largest absolute Gasteiger partial charge is 0.449 e. The summed E-state index contributed by atoms with van der Waals surface area (Å²) in [6.07, 6.45) is -0.465. The standard InChI is InChI=1S/C23H30NO8P/c25-23(24-9-10-28-11-12-29-13-14-30-15-16-32-33(26)27)31-17-22-20-7-3-1-5-18(20)19-6-2-4-8-21(19)22/h1-8,22,26-27H,9-17H2,(H,24,25). The molecule has 3 N–H and O–H groups in total. The average Bonchev–Trinajstić information content (AvgIpc) is 3.14. The summed E-state index contributed by atoms with van der Waals surface area (Å²) in [5.41, 5.74) is 4.75. The van der Waals surface area contributed by atoms with Gasteiger partial charge in [-0.05, 0) is 22.3 Å². The molecule has 0 spiro atoms. The molecule has 2 aromatic rings. The number of amides is 1. The van der Waals surface area contributed by atoms with Gasteiger partial charge in [0.25, 0.3) is 0 Å². The number of benzene rings is 2. The van der Waals surface area contributed by atoms with Crippen molar-refractivity contribution in [2.24, 2.45) is 0 Å². The van der Waals surface area contributed by atoms with Gasteiger partial charge in [0.05, 0.1) is 46.2 Å². The van der Waals surface area contributed by atoms with E-state index in [0.29, 0.717) is 39.6 Å². The highest BCUT2D eigenvalue weighted by molar-refractivity contribution is 7.39. The Hall–Kier alpha value is -2.10. The minimum atomic E-state index is -2.33. The summed E-state index contributed by atoms with van der Waals surface area (Å²) >= 11 is 0. The van der Waals surface area contributed by atoms with E-state index in [4.69, 9.17) is 28.7 Å². The Morgan fingerprint density at radius 3 is 1.88 bits per heavy atom. The van der Waals surface area contributed by atoms with Crippen molar-refractivity contribution in [3.8, 4) is 11.1 Å². The third kappa shape index (κ3) is 8.32. The Balaban J connectivity index is 1.21. The third-order valence-electron chi connectivity index (χ3n) is 5.04. The van der Waals surface area contributed by atoms with E-state index >= 15 is 0 Å². The van der Waals surface area contributed by atoms with E-state index < -0.39 is 14.7 Å². The first-order valence-corrected chi connectivity index (χ1v) is 12.0. The maximum atomic E-state index is 12.1. The second-order valence-corrected chi connectivity index (χ2v) is 7.94. The van der Waals surface area contributed by atoms with Gasteiger partial charge in [-0.25, -0.2) is 4.79 Å². The molecule has 0 fully saturated rings. The van der Waals surface area contributed by atoms with E-state index in [1.165, 1.54) is 22.3 Å². The molecule has 180 valence electrons. The van der Waals surface area contributed by atoms with Crippen molar-refractivity contribution in [2.45, 2.75) is 5.92 Å². The summed E-state index contributed by atoms with van der Waals surface area (Å²) < 4.78 is 26.0. The molecule has 33 heavy (non-hydrogen) atoms. The quantitative estimate of drug-likeness (QED) is 0.264. The van der Waals surface area contributed by atoms with E-state index in [0.717, 1.165) is 0 Å². The summed E-state index contributed by atoms with van der Waals surface area (Å²) in [5.74, 6) is 0.0372. The molecule has 0 bridgehead atoms. The molecule has 0 radical (unpaired) electrons. The molecular weight excluding hydrogens is 449 g/mol. The maximum absolute atomic E-state index is 12.1. The van der Waals surface area contributed by atoms with Gasteiger partial charge in [0.1, 0.15) is 6.61 Å². The van der Waals surface area contributed by atoms with Crippen LogP contribution in [0.4, 0.5) is 4.79 Å². The summed E-state index contributed by atoms with van der Waals surface area (Å²) in [7, 11) is -2.33. The summed E-state index contributed by atoms with van der Waals surface area (Å²) in [6.45, 7) is 2.95. The zero-order valence-corrected chi connectivity index (χ0v) is 19.2. The lowest BCUT2D eigenvalue weighted by Gasteiger charge is -2.14. The van der Waals surface area contributed by atoms with E-state index in [9.17, 15) is 4.79 Å². The van der Waals surface area contributed by atoms with Crippen LogP contribution in [0, 0.1) is 0 Å². The minimum Gasteiger partial charge on any atom is -0.449 e. The Bertz CT molecular complexity index is 820. The molecule has 0 atom stereocenters. The van der Waals surface area contributed by atoms with Crippen LogP contribution in [0.25, 0.3) is 11.1 Å². The molecule has 3 rings (SSSR count). The summed E-state index contributed by atoms with van der Waals surface area (Å²) in [5, 5.41) is 2.70. The van der Waals surface area contributed by atoms with Crippen molar-refractivity contribution in [1.82, 2.24) is 5.32 Å². The molecule has 1 aliphatic carbocycles. The predicted molar refractivity (Wildman–Crippen MR) is 123 cm³/mol. The Kier molecular flexibility index (Phi) is 11.0. The number of nitrogens with one attached hydrogen (secondary N) is 1. The Morgan fingerprint density at radius 1 is 0.788 bits per heavy atom. The van der Waals surface area contributed by atoms with Gasteiger partial charge in [-0.15, -0.1) is 0 Å². The highest BCUT2D eigenvalue weighted by Crippen LogP contribution is 2.44. The molecule has 2 aromatic carbocycles. The fourth-order valence-corrected chi connectivity index (χ4v) is 3.83. The molecule has 10 heteroatoms. The molecule has 0 unspecified atom stereocenters. The van der Waals surface area contributed by atoms with Crippen molar-refractivity contribution >= 4 is 14.7 Å². The number of carbonyl (C=O) groups excluding carboxylic acids is 1. The molecule has 0 saturated carbocycles. The Morgan fingerprint density at radius 2 is 1.30 bits per heavy atom. The lowest BCUT2D eigenvalue weighted by molar-refractivity contribution is 0.00916. The lowest BCUT2D eigenvalue weighted by Crippen LogP contribution is -2.29. The normalized spacial score (nSPS) is 12.6. The van der Waals surface area contributed by atoms with E-state index in [-0.39, 0.29) is 25.7 Å². The molecule has 0 heterocycles. The van der Waals surface area contributed by atoms with Gasteiger partial charge in [0.2, 0.25) is 0 Å². The van der Waals surface area contributed by atoms with Crippen LogP contribution in [0.2, 0.25) is 0 Å². The van der Waals surface area contributed by atoms with Gasteiger partial charge in [-0.1, -0.05) is 48.5 Å². The first kappa shape index (κ1) is 25.5.